The second kappa shape index (κ2) is 9.69. The summed E-state index contributed by atoms with van der Waals surface area (Å²) in [4.78, 5) is 16.2. The zero-order valence-corrected chi connectivity index (χ0v) is 17.7. The average Bonchev–Trinajstić information content (AvgIpc) is 3.43. The lowest BCUT2D eigenvalue weighted by Crippen LogP contribution is -2.14. The van der Waals surface area contributed by atoms with Gasteiger partial charge in [0.2, 0.25) is 17.7 Å². The Balaban J connectivity index is 1.28. The quantitative estimate of drug-likeness (QED) is 0.384. The van der Waals surface area contributed by atoms with Crippen LogP contribution < -0.4 is 5.32 Å². The van der Waals surface area contributed by atoms with Gasteiger partial charge in [0.15, 0.2) is 5.82 Å². The maximum atomic E-state index is 13.6. The third-order valence-electron chi connectivity index (χ3n) is 4.30. The Morgan fingerprint density at radius 3 is 2.69 bits per heavy atom. The Hall–Kier alpha value is -3.60. The van der Waals surface area contributed by atoms with Gasteiger partial charge >= 0.3 is 0 Å². The van der Waals surface area contributed by atoms with Crippen LogP contribution in [0.1, 0.15) is 23.7 Å². The lowest BCUT2D eigenvalue weighted by Gasteiger charge is -2.06. The second-order valence-electron chi connectivity index (χ2n) is 6.78. The molecule has 0 fully saturated rings. The Labute approximate surface area is 185 Å². The number of amides is 1. The molecular formula is C21H17F2N5O3S. The highest BCUT2D eigenvalue weighted by Crippen LogP contribution is 2.25. The zero-order valence-electron chi connectivity index (χ0n) is 16.8. The van der Waals surface area contributed by atoms with E-state index in [0.717, 1.165) is 23.3 Å². The highest BCUT2D eigenvalue weighted by atomic mass is 32.2. The molecule has 1 amide bonds. The van der Waals surface area contributed by atoms with Crippen LogP contribution in [0.5, 0.6) is 0 Å². The molecule has 1 N–H and O–H groups in total. The molecule has 8 nitrogen and oxygen atoms in total. The number of para-hydroxylation sites is 1. The van der Waals surface area contributed by atoms with Crippen molar-refractivity contribution in [1.82, 2.24) is 20.3 Å². The van der Waals surface area contributed by atoms with E-state index < -0.39 is 23.2 Å². The first kappa shape index (κ1) is 21.6. The topological polar surface area (TPSA) is 107 Å². The normalized spacial score (nSPS) is 11.0. The Kier molecular flexibility index (Phi) is 6.55. The van der Waals surface area contributed by atoms with Crippen LogP contribution in [0.3, 0.4) is 0 Å². The molecule has 164 valence electrons. The average molecular weight is 457 g/mol. The maximum Gasteiger partial charge on any atom is 0.277 e. The van der Waals surface area contributed by atoms with Gasteiger partial charge in [-0.3, -0.25) is 4.79 Å². The van der Waals surface area contributed by atoms with Gasteiger partial charge in [0.25, 0.3) is 5.22 Å². The summed E-state index contributed by atoms with van der Waals surface area (Å²) in [6.45, 7) is 1.98. The van der Waals surface area contributed by atoms with Crippen LogP contribution in [0.4, 0.5) is 14.5 Å². The molecule has 4 aromatic rings. The number of halogens is 2. The molecule has 2 heterocycles. The number of nitrogens with zero attached hydrogens (tertiary/aromatic N) is 4. The molecule has 11 heteroatoms. The third kappa shape index (κ3) is 5.35. The van der Waals surface area contributed by atoms with Crippen molar-refractivity contribution >= 4 is 23.4 Å². The van der Waals surface area contributed by atoms with E-state index in [4.69, 9.17) is 8.94 Å². The predicted molar refractivity (Wildman–Crippen MR) is 112 cm³/mol. The molecule has 0 saturated carbocycles. The largest absolute Gasteiger partial charge is 0.411 e. The minimum absolute atomic E-state index is 0.0773. The molecule has 0 unspecified atom stereocenters. The van der Waals surface area contributed by atoms with Crippen molar-refractivity contribution in [1.29, 1.82) is 0 Å². The van der Waals surface area contributed by atoms with E-state index in [1.165, 1.54) is 17.8 Å². The fourth-order valence-corrected chi connectivity index (χ4v) is 3.39. The summed E-state index contributed by atoms with van der Waals surface area (Å²) >= 11 is 1.25. The molecule has 4 rings (SSSR count). The number of carbonyl (C=O) groups is 1. The molecular weight excluding hydrogens is 440 g/mol. The van der Waals surface area contributed by atoms with Crippen LogP contribution in [-0.2, 0) is 17.0 Å². The van der Waals surface area contributed by atoms with Crippen molar-refractivity contribution in [3.63, 3.8) is 0 Å². The van der Waals surface area contributed by atoms with Gasteiger partial charge in [0.05, 0.1) is 5.75 Å². The number of hydrogen-bond acceptors (Lipinski definition) is 8. The minimum atomic E-state index is -0.845. The van der Waals surface area contributed by atoms with E-state index in [0.29, 0.717) is 22.7 Å². The highest BCUT2D eigenvalue weighted by molar-refractivity contribution is 7.98. The summed E-state index contributed by atoms with van der Waals surface area (Å²) < 4.78 is 38.0. The van der Waals surface area contributed by atoms with Gasteiger partial charge in [0.1, 0.15) is 17.3 Å². The number of aromatic nitrogens is 4. The van der Waals surface area contributed by atoms with Crippen molar-refractivity contribution in [2.75, 3.05) is 5.32 Å². The van der Waals surface area contributed by atoms with Crippen LogP contribution in [0, 0.1) is 18.6 Å². The smallest absolute Gasteiger partial charge is 0.277 e. The predicted octanol–water partition coefficient (Wildman–Crippen LogP) is 4.57. The Morgan fingerprint density at radius 1 is 1.12 bits per heavy atom. The van der Waals surface area contributed by atoms with Crippen molar-refractivity contribution in [3.05, 3.63) is 71.4 Å². The molecule has 2 aromatic heterocycles. The van der Waals surface area contributed by atoms with Crippen LogP contribution in [0.25, 0.3) is 11.5 Å². The van der Waals surface area contributed by atoms with Crippen LogP contribution in [-0.4, -0.2) is 26.2 Å². The summed E-state index contributed by atoms with van der Waals surface area (Å²) in [5.41, 5.74) is 1.44. The number of rotatable bonds is 8. The number of nitrogens with one attached hydrogen (secondary N) is 1. The number of anilines is 1. The second-order valence-corrected chi connectivity index (χ2v) is 7.71. The molecule has 0 radical (unpaired) electrons. The minimum Gasteiger partial charge on any atom is -0.411 e. The monoisotopic (exact) mass is 457 g/mol. The van der Waals surface area contributed by atoms with Crippen LogP contribution in [0.15, 0.2) is 56.6 Å². The van der Waals surface area contributed by atoms with Crippen molar-refractivity contribution in [2.45, 2.75) is 30.7 Å². The Bertz CT molecular complexity index is 1220. The first-order chi connectivity index (χ1) is 15.5. The summed E-state index contributed by atoms with van der Waals surface area (Å²) in [6, 6.07) is 11.1. The van der Waals surface area contributed by atoms with E-state index in [9.17, 15) is 13.6 Å². The summed E-state index contributed by atoms with van der Waals surface area (Å²) in [6.07, 6.45) is 0.0453. The maximum absolute atomic E-state index is 13.6. The van der Waals surface area contributed by atoms with E-state index in [1.807, 2.05) is 31.2 Å². The summed E-state index contributed by atoms with van der Waals surface area (Å²) in [7, 11) is 0. The first-order valence-electron chi connectivity index (χ1n) is 9.56. The summed E-state index contributed by atoms with van der Waals surface area (Å²) in [5.74, 6) is -0.897. The number of carbonyl (C=O) groups excluding carboxylic acids is 1. The van der Waals surface area contributed by atoms with Gasteiger partial charge in [0, 0.05) is 18.4 Å². The number of hydrogen-bond donors (Lipinski definition) is 1. The lowest BCUT2D eigenvalue weighted by molar-refractivity contribution is -0.116. The molecule has 0 aliphatic rings. The van der Waals surface area contributed by atoms with E-state index in [1.54, 1.807) is 0 Å². The molecule has 0 aliphatic heterocycles. The fourth-order valence-electron chi connectivity index (χ4n) is 2.78. The highest BCUT2D eigenvalue weighted by Gasteiger charge is 2.15. The van der Waals surface area contributed by atoms with Crippen molar-refractivity contribution in [3.8, 4) is 11.5 Å². The molecule has 0 bridgehead atoms. The molecule has 0 saturated heterocycles. The fraction of sp³-hybridized carbons (Fsp3) is 0.190. The van der Waals surface area contributed by atoms with Crippen molar-refractivity contribution in [2.24, 2.45) is 0 Å². The van der Waals surface area contributed by atoms with Gasteiger partial charge in [-0.05, 0) is 31.2 Å². The van der Waals surface area contributed by atoms with Gasteiger partial charge in [-0.15, -0.1) is 10.2 Å². The number of benzene rings is 2. The van der Waals surface area contributed by atoms with Crippen LogP contribution >= 0.6 is 11.8 Å². The lowest BCUT2D eigenvalue weighted by atomic mass is 10.1. The Morgan fingerprint density at radius 2 is 1.91 bits per heavy atom. The zero-order chi connectivity index (χ0) is 22.5. The van der Waals surface area contributed by atoms with Gasteiger partial charge in [-0.25, -0.2) is 8.78 Å². The molecule has 2 aromatic carbocycles. The molecule has 0 aliphatic carbocycles. The third-order valence-corrected chi connectivity index (χ3v) is 5.11. The number of aryl methyl sites for hydroxylation is 2. The van der Waals surface area contributed by atoms with E-state index in [-0.39, 0.29) is 18.7 Å². The van der Waals surface area contributed by atoms with Gasteiger partial charge < -0.3 is 14.3 Å². The standard InChI is InChI=1S/C21H17F2N5O3S/c1-12-4-2-5-13(10-12)20-26-27-21(30-20)32-11-16-24-18(31-28-16)9-8-17(29)25-19-14(22)6-3-7-15(19)23/h2-7,10H,8-9,11H2,1H3,(H,25,29). The molecule has 0 atom stereocenters. The number of thioether (sulfide) groups is 1. The first-order valence-corrected chi connectivity index (χ1v) is 10.5. The SMILES string of the molecule is Cc1cccc(-c2nnc(SCc3noc(CCC(=O)Nc4c(F)cccc4F)n3)o2)c1. The molecule has 0 spiro atoms. The molecule has 32 heavy (non-hydrogen) atoms. The van der Waals surface area contributed by atoms with E-state index in [2.05, 4.69) is 25.7 Å². The summed E-state index contributed by atoms with van der Waals surface area (Å²) in [5, 5.41) is 14.5. The van der Waals surface area contributed by atoms with Crippen LogP contribution in [0.2, 0.25) is 0 Å². The van der Waals surface area contributed by atoms with Crippen molar-refractivity contribution < 1.29 is 22.5 Å². The van der Waals surface area contributed by atoms with Gasteiger partial charge in [-0.2, -0.15) is 4.98 Å². The van der Waals surface area contributed by atoms with Gasteiger partial charge in [-0.1, -0.05) is 40.7 Å². The van der Waals surface area contributed by atoms with E-state index >= 15 is 0 Å².